The lowest BCUT2D eigenvalue weighted by molar-refractivity contribution is 0.0526. The van der Waals surface area contributed by atoms with E-state index in [0.29, 0.717) is 36.6 Å². The number of anilines is 1. The molecule has 5 nitrogen and oxygen atoms in total. The van der Waals surface area contributed by atoms with E-state index in [2.05, 4.69) is 10.3 Å². The molecular weight excluding hydrogens is 316 g/mol. The Kier molecular flexibility index (Phi) is 5.43. The van der Waals surface area contributed by atoms with Crippen molar-refractivity contribution in [2.24, 2.45) is 0 Å². The maximum Gasteiger partial charge on any atom is 0.341 e. The Hall–Kier alpha value is -2.69. The fourth-order valence-electron chi connectivity index (χ4n) is 2.99. The summed E-state index contributed by atoms with van der Waals surface area (Å²) in [5, 5.41) is 3.20. The second kappa shape index (κ2) is 7.92. The van der Waals surface area contributed by atoms with Gasteiger partial charge in [0.1, 0.15) is 17.1 Å². The molecule has 1 aromatic heterocycles. The van der Waals surface area contributed by atoms with Crippen LogP contribution < -0.4 is 5.32 Å². The number of carbonyl (C=O) groups is 2. The van der Waals surface area contributed by atoms with E-state index in [4.69, 9.17) is 4.74 Å². The van der Waals surface area contributed by atoms with Crippen LogP contribution in [0, 0.1) is 0 Å². The summed E-state index contributed by atoms with van der Waals surface area (Å²) in [5.41, 5.74) is 2.79. The summed E-state index contributed by atoms with van der Waals surface area (Å²) in [4.78, 5) is 29.2. The number of esters is 1. The Bertz CT molecular complexity index is 772. The lowest BCUT2D eigenvalue weighted by Gasteiger charge is -2.14. The summed E-state index contributed by atoms with van der Waals surface area (Å²) in [5.74, 6) is 0.0482. The minimum Gasteiger partial charge on any atom is -0.462 e. The number of rotatable bonds is 5. The number of hydrogen-bond acceptors (Lipinski definition) is 5. The first-order valence-corrected chi connectivity index (χ1v) is 8.71. The summed E-state index contributed by atoms with van der Waals surface area (Å²) in [7, 11) is 0. The van der Waals surface area contributed by atoms with Crippen LogP contribution in [-0.4, -0.2) is 23.3 Å². The number of aromatic nitrogens is 1. The van der Waals surface area contributed by atoms with E-state index in [1.807, 2.05) is 30.3 Å². The van der Waals surface area contributed by atoms with Crippen molar-refractivity contribution in [2.75, 3.05) is 11.9 Å². The summed E-state index contributed by atoms with van der Waals surface area (Å²) in [6.07, 6.45) is 3.06. The van der Waals surface area contributed by atoms with Gasteiger partial charge in [0.25, 0.3) is 0 Å². The Morgan fingerprint density at radius 1 is 1.20 bits per heavy atom. The number of Topliss-reactive ketones (excluding diaryl/α,β-unsaturated/α-hetero) is 1. The molecule has 1 N–H and O–H groups in total. The number of carbonyl (C=O) groups excluding carboxylic acids is 2. The molecule has 3 rings (SSSR count). The zero-order valence-electron chi connectivity index (χ0n) is 14.4. The molecule has 0 radical (unpaired) electrons. The largest absolute Gasteiger partial charge is 0.462 e. The first-order valence-electron chi connectivity index (χ1n) is 8.71. The van der Waals surface area contributed by atoms with Crippen LogP contribution >= 0.6 is 0 Å². The number of aryl methyl sites for hydroxylation is 1. The number of benzene rings is 1. The van der Waals surface area contributed by atoms with Crippen LogP contribution in [0.4, 0.5) is 5.82 Å². The molecule has 0 saturated carbocycles. The van der Waals surface area contributed by atoms with Gasteiger partial charge >= 0.3 is 5.97 Å². The molecule has 0 aliphatic heterocycles. The molecule has 130 valence electrons. The summed E-state index contributed by atoms with van der Waals surface area (Å²) in [6, 6.07) is 11.6. The van der Waals surface area contributed by atoms with Gasteiger partial charge < -0.3 is 10.1 Å². The number of nitrogens with zero attached hydrogens (tertiary/aromatic N) is 1. The molecule has 1 aliphatic rings. The van der Waals surface area contributed by atoms with Crippen molar-refractivity contribution < 1.29 is 14.3 Å². The molecule has 0 fully saturated rings. The number of nitrogens with one attached hydrogen (secondary N) is 1. The fourth-order valence-corrected chi connectivity index (χ4v) is 2.99. The van der Waals surface area contributed by atoms with Crippen LogP contribution in [0.15, 0.2) is 36.4 Å². The van der Waals surface area contributed by atoms with E-state index in [9.17, 15) is 9.59 Å². The molecule has 0 atom stereocenters. The van der Waals surface area contributed by atoms with Crippen molar-refractivity contribution in [1.82, 2.24) is 4.98 Å². The first-order chi connectivity index (χ1) is 12.2. The highest BCUT2D eigenvalue weighted by Crippen LogP contribution is 2.25. The Morgan fingerprint density at radius 3 is 2.72 bits per heavy atom. The molecule has 0 saturated heterocycles. The van der Waals surface area contributed by atoms with E-state index < -0.39 is 5.97 Å². The smallest absolute Gasteiger partial charge is 0.341 e. The van der Waals surface area contributed by atoms with Crippen LogP contribution in [0.3, 0.4) is 0 Å². The van der Waals surface area contributed by atoms with E-state index >= 15 is 0 Å². The number of ether oxygens (including phenoxy) is 1. The third-order valence-electron chi connectivity index (χ3n) is 4.26. The minimum atomic E-state index is -0.412. The SMILES string of the molecule is CCOC(=O)c1cc2c(nc1NCc1ccccc1)C(=O)CCCC2. The summed E-state index contributed by atoms with van der Waals surface area (Å²) < 4.78 is 5.17. The van der Waals surface area contributed by atoms with Crippen molar-refractivity contribution in [3.8, 4) is 0 Å². The number of ketones is 1. The van der Waals surface area contributed by atoms with Gasteiger partial charge in [-0.1, -0.05) is 30.3 Å². The molecular formula is C20H22N2O3. The second-order valence-electron chi connectivity index (χ2n) is 6.08. The molecule has 0 unspecified atom stereocenters. The minimum absolute atomic E-state index is 0.0469. The van der Waals surface area contributed by atoms with Crippen molar-refractivity contribution in [2.45, 2.75) is 39.2 Å². The molecule has 25 heavy (non-hydrogen) atoms. The lowest BCUT2D eigenvalue weighted by atomic mass is 10.0. The van der Waals surface area contributed by atoms with Gasteiger partial charge in [0, 0.05) is 13.0 Å². The Morgan fingerprint density at radius 2 is 1.96 bits per heavy atom. The molecule has 1 heterocycles. The number of fused-ring (bicyclic) bond motifs is 1. The predicted octanol–water partition coefficient (Wildman–Crippen LogP) is 3.78. The van der Waals surface area contributed by atoms with Crippen LogP contribution in [0.1, 0.15) is 58.2 Å². The highest BCUT2D eigenvalue weighted by molar-refractivity contribution is 6.00. The molecule has 2 aromatic rings. The summed E-state index contributed by atoms with van der Waals surface area (Å²) >= 11 is 0. The maximum atomic E-state index is 12.3. The van der Waals surface area contributed by atoms with Crippen LogP contribution in [-0.2, 0) is 17.7 Å². The van der Waals surface area contributed by atoms with E-state index in [1.54, 1.807) is 13.0 Å². The van der Waals surface area contributed by atoms with Gasteiger partial charge in [0.05, 0.1) is 6.61 Å². The van der Waals surface area contributed by atoms with Crippen molar-refractivity contribution >= 4 is 17.6 Å². The third kappa shape index (κ3) is 4.05. The van der Waals surface area contributed by atoms with Gasteiger partial charge in [0.2, 0.25) is 0 Å². The van der Waals surface area contributed by atoms with E-state index in [1.165, 1.54) is 0 Å². The van der Waals surface area contributed by atoms with E-state index in [-0.39, 0.29) is 5.78 Å². The lowest BCUT2D eigenvalue weighted by Crippen LogP contribution is -2.15. The van der Waals surface area contributed by atoms with Gasteiger partial charge in [-0.25, -0.2) is 9.78 Å². The average molecular weight is 338 g/mol. The Labute approximate surface area is 147 Å². The van der Waals surface area contributed by atoms with Crippen molar-refractivity contribution in [3.05, 3.63) is 58.8 Å². The zero-order chi connectivity index (χ0) is 17.6. The highest BCUT2D eigenvalue weighted by atomic mass is 16.5. The van der Waals surface area contributed by atoms with Gasteiger partial charge in [0.15, 0.2) is 5.78 Å². The molecule has 1 aromatic carbocycles. The average Bonchev–Trinajstić information content (AvgIpc) is 2.81. The van der Waals surface area contributed by atoms with Crippen molar-refractivity contribution in [3.63, 3.8) is 0 Å². The van der Waals surface area contributed by atoms with Crippen LogP contribution in [0.25, 0.3) is 0 Å². The first kappa shape index (κ1) is 17.1. The predicted molar refractivity (Wildman–Crippen MR) is 95.8 cm³/mol. The normalized spacial score (nSPS) is 13.7. The van der Waals surface area contributed by atoms with Gasteiger partial charge in [-0.05, 0) is 43.4 Å². The number of hydrogen-bond donors (Lipinski definition) is 1. The van der Waals surface area contributed by atoms with Crippen molar-refractivity contribution in [1.29, 1.82) is 0 Å². The second-order valence-corrected chi connectivity index (χ2v) is 6.08. The fraction of sp³-hybridized carbons (Fsp3) is 0.350. The topological polar surface area (TPSA) is 68.3 Å². The van der Waals surface area contributed by atoms with Crippen LogP contribution in [0.5, 0.6) is 0 Å². The van der Waals surface area contributed by atoms with Gasteiger partial charge in [-0.3, -0.25) is 4.79 Å². The summed E-state index contributed by atoms with van der Waals surface area (Å²) in [6.45, 7) is 2.59. The maximum absolute atomic E-state index is 12.3. The Balaban J connectivity index is 1.95. The van der Waals surface area contributed by atoms with Gasteiger partial charge in [-0.15, -0.1) is 0 Å². The monoisotopic (exact) mass is 338 g/mol. The zero-order valence-corrected chi connectivity index (χ0v) is 14.4. The highest BCUT2D eigenvalue weighted by Gasteiger charge is 2.23. The van der Waals surface area contributed by atoms with Gasteiger partial charge in [-0.2, -0.15) is 0 Å². The number of pyridine rings is 1. The van der Waals surface area contributed by atoms with E-state index in [0.717, 1.165) is 30.4 Å². The molecule has 0 spiro atoms. The molecule has 0 bridgehead atoms. The molecule has 0 amide bonds. The molecule has 1 aliphatic carbocycles. The standard InChI is InChI=1S/C20H22N2O3/c1-2-25-20(24)16-12-15-10-6-7-11-17(23)18(15)22-19(16)21-13-14-8-4-3-5-9-14/h3-5,8-9,12H,2,6-7,10-11,13H2,1H3,(H,21,22). The van der Waals surface area contributed by atoms with Crippen LogP contribution in [0.2, 0.25) is 0 Å². The quantitative estimate of drug-likeness (QED) is 0.664. The molecule has 5 heteroatoms. The third-order valence-corrected chi connectivity index (χ3v) is 4.26.